The van der Waals surface area contributed by atoms with Gasteiger partial charge in [-0.2, -0.15) is 0 Å². The fraction of sp³-hybridized carbons (Fsp3) is 0.429. The van der Waals surface area contributed by atoms with Gasteiger partial charge < -0.3 is 10.2 Å². The van der Waals surface area contributed by atoms with Crippen molar-refractivity contribution in [2.45, 2.75) is 19.3 Å². The Morgan fingerprint density at radius 3 is 2.09 bits per heavy atom. The van der Waals surface area contributed by atoms with Crippen LogP contribution in [0.15, 0.2) is 12.3 Å². The third-order valence-electron chi connectivity index (χ3n) is 1.11. The summed E-state index contributed by atoms with van der Waals surface area (Å²) >= 11 is 0. The predicted molar refractivity (Wildman–Crippen MR) is 38.3 cm³/mol. The Bertz CT molecular complexity index is 183. The molecule has 4 heteroatoms. The van der Waals surface area contributed by atoms with Gasteiger partial charge >= 0.3 is 5.97 Å². The zero-order valence-corrected chi connectivity index (χ0v) is 6.04. The molecular weight excluding hydrogens is 148 g/mol. The summed E-state index contributed by atoms with van der Waals surface area (Å²) in [5.74, 6) is -2.28. The molecule has 62 valence electrons. The van der Waals surface area contributed by atoms with Crippen molar-refractivity contribution in [1.29, 1.82) is 0 Å². The molecule has 0 aromatic carbocycles. The van der Waals surface area contributed by atoms with Crippen LogP contribution in [-0.4, -0.2) is 22.0 Å². The van der Waals surface area contributed by atoms with E-state index in [1.807, 2.05) is 0 Å². The molecule has 0 aromatic rings. The van der Waals surface area contributed by atoms with Crippen molar-refractivity contribution < 1.29 is 19.8 Å². The molecule has 0 heterocycles. The maximum Gasteiger partial charge on any atom is 0.372 e. The number of aliphatic carboxylic acids is 1. The number of rotatable bonds is 5. The summed E-state index contributed by atoms with van der Waals surface area (Å²) in [4.78, 5) is 20.4. The van der Waals surface area contributed by atoms with Gasteiger partial charge in [0.25, 0.3) is 0 Å². The second kappa shape index (κ2) is 4.49. The maximum atomic E-state index is 10.4. The van der Waals surface area contributed by atoms with Gasteiger partial charge in [-0.1, -0.05) is 6.58 Å². The second-order valence-electron chi connectivity index (χ2n) is 2.15. The normalized spacial score (nSPS) is 9.09. The van der Waals surface area contributed by atoms with E-state index in [4.69, 9.17) is 10.2 Å². The van der Waals surface area contributed by atoms with Crippen molar-refractivity contribution in [3.05, 3.63) is 12.3 Å². The molecule has 0 saturated heterocycles. The van der Waals surface area contributed by atoms with Gasteiger partial charge in [-0.3, -0.25) is 4.79 Å². The third kappa shape index (κ3) is 5.14. The van der Waals surface area contributed by atoms with Gasteiger partial charge in [-0.15, -0.1) is 0 Å². The summed E-state index contributed by atoms with van der Waals surface area (Å²) in [5.41, 5.74) is 0. The summed E-state index contributed by atoms with van der Waals surface area (Å²) in [5, 5.41) is 16.7. The van der Waals surface area contributed by atoms with Gasteiger partial charge in [0.05, 0.1) is 5.76 Å². The van der Waals surface area contributed by atoms with E-state index >= 15 is 0 Å². The molecule has 4 nitrogen and oxygen atoms in total. The largest absolute Gasteiger partial charge is 0.513 e. The highest BCUT2D eigenvalue weighted by Crippen LogP contribution is 2.01. The first-order valence-corrected chi connectivity index (χ1v) is 3.17. The Labute approximate surface area is 64.2 Å². The summed E-state index contributed by atoms with van der Waals surface area (Å²) in [7, 11) is 0. The van der Waals surface area contributed by atoms with Crippen LogP contribution in [0.4, 0.5) is 0 Å². The molecular formula is C7H10O4. The van der Waals surface area contributed by atoms with Gasteiger partial charge in [0, 0.05) is 12.8 Å². The summed E-state index contributed by atoms with van der Waals surface area (Å²) in [6.45, 7) is 3.19. The Morgan fingerprint density at radius 2 is 1.73 bits per heavy atom. The number of carboxylic acid groups (broad SMARTS) is 1. The molecule has 0 saturated carbocycles. The number of ketones is 1. The topological polar surface area (TPSA) is 74.6 Å². The molecule has 11 heavy (non-hydrogen) atoms. The molecule has 0 aromatic heterocycles. The van der Waals surface area contributed by atoms with Crippen molar-refractivity contribution in [2.75, 3.05) is 0 Å². The first kappa shape index (κ1) is 9.68. The molecule has 0 aliphatic carbocycles. The SMILES string of the molecule is C=C(O)CCCC(=O)C(=O)O. The van der Waals surface area contributed by atoms with Gasteiger partial charge in [-0.25, -0.2) is 4.79 Å². The fourth-order valence-corrected chi connectivity index (χ4v) is 0.560. The monoisotopic (exact) mass is 158 g/mol. The highest BCUT2D eigenvalue weighted by molar-refractivity contribution is 6.32. The minimum atomic E-state index is -1.42. The van der Waals surface area contributed by atoms with Crippen LogP contribution in [0, 0.1) is 0 Å². The summed E-state index contributed by atoms with van der Waals surface area (Å²) in [6.07, 6.45) is 0.564. The summed E-state index contributed by atoms with van der Waals surface area (Å²) in [6, 6.07) is 0. The van der Waals surface area contributed by atoms with Crippen LogP contribution in [0.2, 0.25) is 0 Å². The number of aliphatic hydroxyl groups is 1. The first-order chi connectivity index (χ1) is 5.04. The van der Waals surface area contributed by atoms with E-state index in [-0.39, 0.29) is 18.6 Å². The molecule has 0 aliphatic rings. The lowest BCUT2D eigenvalue weighted by molar-refractivity contribution is -0.149. The van der Waals surface area contributed by atoms with Crippen molar-refractivity contribution in [2.24, 2.45) is 0 Å². The predicted octanol–water partition coefficient (Wildman–Crippen LogP) is 0.882. The number of carbonyl (C=O) groups excluding carboxylic acids is 1. The van der Waals surface area contributed by atoms with Gasteiger partial charge in [0.2, 0.25) is 5.78 Å². The van der Waals surface area contributed by atoms with Crippen LogP contribution in [0.1, 0.15) is 19.3 Å². The molecule has 0 amide bonds. The molecule has 0 atom stereocenters. The van der Waals surface area contributed by atoms with E-state index in [0.29, 0.717) is 6.42 Å². The van der Waals surface area contributed by atoms with Crippen LogP contribution < -0.4 is 0 Å². The highest BCUT2D eigenvalue weighted by atomic mass is 16.4. The van der Waals surface area contributed by atoms with Crippen LogP contribution in [0.5, 0.6) is 0 Å². The van der Waals surface area contributed by atoms with E-state index in [2.05, 4.69) is 6.58 Å². The Kier molecular flexibility index (Phi) is 3.95. The van der Waals surface area contributed by atoms with Crippen molar-refractivity contribution in [1.82, 2.24) is 0 Å². The average Bonchev–Trinajstić information content (AvgIpc) is 1.86. The highest BCUT2D eigenvalue weighted by Gasteiger charge is 2.09. The number of carboxylic acids is 1. The number of hydrogen-bond acceptors (Lipinski definition) is 3. The van der Waals surface area contributed by atoms with Crippen LogP contribution in [0.3, 0.4) is 0 Å². The van der Waals surface area contributed by atoms with E-state index in [1.165, 1.54) is 0 Å². The quantitative estimate of drug-likeness (QED) is 0.460. The maximum absolute atomic E-state index is 10.4. The Morgan fingerprint density at radius 1 is 1.18 bits per heavy atom. The lowest BCUT2D eigenvalue weighted by atomic mass is 10.1. The average molecular weight is 158 g/mol. The molecule has 0 spiro atoms. The molecule has 0 radical (unpaired) electrons. The zero-order valence-electron chi connectivity index (χ0n) is 6.04. The first-order valence-electron chi connectivity index (χ1n) is 3.17. The number of aliphatic hydroxyl groups excluding tert-OH is 1. The van der Waals surface area contributed by atoms with Crippen LogP contribution >= 0.6 is 0 Å². The number of allylic oxidation sites excluding steroid dienone is 1. The lowest BCUT2D eigenvalue weighted by Gasteiger charge is -1.94. The second-order valence-corrected chi connectivity index (χ2v) is 2.15. The molecule has 0 bridgehead atoms. The zero-order chi connectivity index (χ0) is 8.85. The van der Waals surface area contributed by atoms with Crippen molar-refractivity contribution in [3.63, 3.8) is 0 Å². The molecule has 0 aliphatic heterocycles. The minimum Gasteiger partial charge on any atom is -0.513 e. The lowest BCUT2D eigenvalue weighted by Crippen LogP contribution is -2.11. The molecule has 0 fully saturated rings. The smallest absolute Gasteiger partial charge is 0.372 e. The summed E-state index contributed by atoms with van der Waals surface area (Å²) < 4.78 is 0. The van der Waals surface area contributed by atoms with E-state index in [1.54, 1.807) is 0 Å². The van der Waals surface area contributed by atoms with Gasteiger partial charge in [0.1, 0.15) is 0 Å². The standard InChI is InChI=1S/C7H10O4/c1-5(8)3-2-4-6(9)7(10)11/h8H,1-4H2,(H,10,11). The Hall–Kier alpha value is -1.32. The minimum absolute atomic E-state index is 0.0248. The van der Waals surface area contributed by atoms with E-state index < -0.39 is 11.8 Å². The third-order valence-corrected chi connectivity index (χ3v) is 1.11. The van der Waals surface area contributed by atoms with Crippen molar-refractivity contribution >= 4 is 11.8 Å². The number of hydrogen-bond donors (Lipinski definition) is 2. The van der Waals surface area contributed by atoms with Crippen LogP contribution in [-0.2, 0) is 9.59 Å². The Balaban J connectivity index is 3.47. The molecule has 2 N–H and O–H groups in total. The fourth-order valence-electron chi connectivity index (χ4n) is 0.560. The molecule has 0 rings (SSSR count). The van der Waals surface area contributed by atoms with Gasteiger partial charge in [-0.05, 0) is 6.42 Å². The van der Waals surface area contributed by atoms with E-state index in [0.717, 1.165) is 0 Å². The van der Waals surface area contributed by atoms with Crippen LogP contribution in [0.25, 0.3) is 0 Å². The van der Waals surface area contributed by atoms with Crippen molar-refractivity contribution in [3.8, 4) is 0 Å². The number of Topliss-reactive ketones (excluding diaryl/α,β-unsaturated/α-hetero) is 1. The van der Waals surface area contributed by atoms with E-state index in [9.17, 15) is 9.59 Å². The van der Waals surface area contributed by atoms with Gasteiger partial charge in [0.15, 0.2) is 0 Å². The molecule has 0 unspecified atom stereocenters. The number of carbonyl (C=O) groups is 2.